The van der Waals surface area contributed by atoms with Crippen molar-refractivity contribution in [3.05, 3.63) is 42.5 Å². The number of rotatable bonds is 2. The van der Waals surface area contributed by atoms with Crippen LogP contribution in [0.4, 0.5) is 5.69 Å². The van der Waals surface area contributed by atoms with Crippen LogP contribution in [0.15, 0.2) is 42.5 Å². The number of aromatic nitrogens is 3. The van der Waals surface area contributed by atoms with Gasteiger partial charge < -0.3 is 9.88 Å². The van der Waals surface area contributed by atoms with Crippen LogP contribution in [-0.4, -0.2) is 21.1 Å². The van der Waals surface area contributed by atoms with Gasteiger partial charge in [-0.05, 0) is 35.7 Å². The molecule has 0 saturated heterocycles. The van der Waals surface area contributed by atoms with Gasteiger partial charge in [0.2, 0.25) is 0 Å². The third-order valence-corrected chi connectivity index (χ3v) is 4.31. The molecule has 0 spiro atoms. The van der Waals surface area contributed by atoms with Gasteiger partial charge in [-0.1, -0.05) is 32.9 Å². The molecule has 0 atom stereocenters. The molecular formula is C20H22N4. The number of hydrogen-bond donors (Lipinski definition) is 1. The highest BCUT2D eigenvalue weighted by molar-refractivity contribution is 6.07. The molecule has 0 aliphatic heterocycles. The van der Waals surface area contributed by atoms with E-state index in [1.165, 1.54) is 0 Å². The third kappa shape index (κ3) is 2.48. The van der Waals surface area contributed by atoms with Crippen molar-refractivity contribution >= 4 is 38.8 Å². The van der Waals surface area contributed by atoms with Gasteiger partial charge >= 0.3 is 0 Å². The summed E-state index contributed by atoms with van der Waals surface area (Å²) in [6, 6.07) is 14.5. The van der Waals surface area contributed by atoms with E-state index in [2.05, 4.69) is 55.9 Å². The molecule has 24 heavy (non-hydrogen) atoms. The van der Waals surface area contributed by atoms with Gasteiger partial charge in [-0.15, -0.1) is 0 Å². The van der Waals surface area contributed by atoms with E-state index >= 15 is 0 Å². The summed E-state index contributed by atoms with van der Waals surface area (Å²) in [5.74, 6) is 0. The molecule has 4 nitrogen and oxygen atoms in total. The molecule has 0 unspecified atom stereocenters. The van der Waals surface area contributed by atoms with E-state index in [4.69, 9.17) is 9.97 Å². The highest BCUT2D eigenvalue weighted by Gasteiger charge is 2.14. The average Bonchev–Trinajstić information content (AvgIpc) is 2.82. The maximum Gasteiger partial charge on any atom is 0.160 e. The van der Waals surface area contributed by atoms with Crippen molar-refractivity contribution < 1.29 is 0 Å². The first-order valence-electron chi connectivity index (χ1n) is 8.31. The Bertz CT molecular complexity index is 1050. The van der Waals surface area contributed by atoms with E-state index in [9.17, 15) is 0 Å². The molecule has 0 amide bonds. The fourth-order valence-corrected chi connectivity index (χ4v) is 3.01. The average molecular weight is 318 g/mol. The topological polar surface area (TPSA) is 42.7 Å². The first-order chi connectivity index (χ1) is 11.4. The number of anilines is 1. The molecule has 0 fully saturated rings. The molecule has 0 aliphatic carbocycles. The predicted molar refractivity (Wildman–Crippen MR) is 101 cm³/mol. The fraction of sp³-hybridized carbons (Fsp3) is 0.300. The number of para-hydroxylation sites is 2. The quantitative estimate of drug-likeness (QED) is 0.581. The minimum Gasteiger partial charge on any atom is -0.384 e. The lowest BCUT2D eigenvalue weighted by Crippen LogP contribution is -2.18. The Labute approximate surface area is 141 Å². The molecular weight excluding hydrogens is 296 g/mol. The van der Waals surface area contributed by atoms with Crippen LogP contribution in [-0.2, 0) is 7.05 Å². The summed E-state index contributed by atoms with van der Waals surface area (Å²) < 4.78 is 2.12. The number of benzene rings is 2. The van der Waals surface area contributed by atoms with E-state index in [1.54, 1.807) is 0 Å². The Kier molecular flexibility index (Phi) is 3.23. The van der Waals surface area contributed by atoms with Crippen molar-refractivity contribution in [2.45, 2.75) is 20.8 Å². The van der Waals surface area contributed by atoms with Crippen molar-refractivity contribution in [2.24, 2.45) is 12.5 Å². The van der Waals surface area contributed by atoms with Gasteiger partial charge in [-0.2, -0.15) is 0 Å². The van der Waals surface area contributed by atoms with Crippen molar-refractivity contribution in [3.63, 3.8) is 0 Å². The number of hydrogen-bond acceptors (Lipinski definition) is 3. The second-order valence-corrected chi connectivity index (χ2v) is 7.59. The molecule has 1 N–H and O–H groups in total. The van der Waals surface area contributed by atoms with Crippen LogP contribution in [0, 0.1) is 5.41 Å². The number of aryl methyl sites for hydroxylation is 1. The van der Waals surface area contributed by atoms with E-state index < -0.39 is 0 Å². The van der Waals surface area contributed by atoms with Crippen molar-refractivity contribution in [3.8, 4) is 0 Å². The molecule has 122 valence electrons. The van der Waals surface area contributed by atoms with Gasteiger partial charge in [0.15, 0.2) is 5.65 Å². The monoisotopic (exact) mass is 318 g/mol. The maximum absolute atomic E-state index is 4.87. The Morgan fingerprint density at radius 3 is 2.42 bits per heavy atom. The molecule has 0 aliphatic rings. The van der Waals surface area contributed by atoms with E-state index in [-0.39, 0.29) is 5.41 Å². The van der Waals surface area contributed by atoms with Crippen molar-refractivity contribution in [2.75, 3.05) is 11.9 Å². The third-order valence-electron chi connectivity index (χ3n) is 4.31. The lowest BCUT2D eigenvalue weighted by Gasteiger charge is -2.19. The molecule has 2 aromatic carbocycles. The van der Waals surface area contributed by atoms with Crippen molar-refractivity contribution in [1.29, 1.82) is 0 Å². The number of fused-ring (bicyclic) bond motifs is 4. The normalized spacial score (nSPS) is 12.3. The minimum atomic E-state index is 0.240. The van der Waals surface area contributed by atoms with Crippen LogP contribution < -0.4 is 5.32 Å². The molecule has 4 heteroatoms. The zero-order valence-electron chi connectivity index (χ0n) is 14.6. The molecule has 4 rings (SSSR count). The lowest BCUT2D eigenvalue weighted by molar-refractivity contribution is 0.443. The Hall–Kier alpha value is -2.62. The summed E-state index contributed by atoms with van der Waals surface area (Å²) in [7, 11) is 2.05. The Morgan fingerprint density at radius 2 is 1.71 bits per heavy atom. The summed E-state index contributed by atoms with van der Waals surface area (Å²) in [5.41, 5.74) is 6.28. The summed E-state index contributed by atoms with van der Waals surface area (Å²) in [4.78, 5) is 9.67. The summed E-state index contributed by atoms with van der Waals surface area (Å²) in [6.45, 7) is 7.62. The second-order valence-electron chi connectivity index (χ2n) is 7.59. The van der Waals surface area contributed by atoms with Gasteiger partial charge in [-0.3, -0.25) is 0 Å². The van der Waals surface area contributed by atoms with Gasteiger partial charge in [0.25, 0.3) is 0 Å². The zero-order valence-corrected chi connectivity index (χ0v) is 14.6. The number of nitrogens with one attached hydrogen (secondary N) is 1. The first kappa shape index (κ1) is 14.9. The predicted octanol–water partition coefficient (Wildman–Crippen LogP) is 4.73. The Balaban J connectivity index is 1.91. The van der Waals surface area contributed by atoms with E-state index in [1.807, 2.05) is 24.3 Å². The standard InChI is InChI=1S/C20H22N4/c1-20(2,3)12-21-13-9-10-17-14(11-13)18-19(24(17)4)23-16-8-6-5-7-15(16)22-18/h5-11,21H,12H2,1-4H3. The van der Waals surface area contributed by atoms with Crippen LogP contribution in [0.5, 0.6) is 0 Å². The largest absolute Gasteiger partial charge is 0.384 e. The Morgan fingerprint density at radius 1 is 1.00 bits per heavy atom. The van der Waals surface area contributed by atoms with Crippen LogP contribution in [0.25, 0.3) is 33.1 Å². The molecule has 0 bridgehead atoms. The zero-order chi connectivity index (χ0) is 16.9. The minimum absolute atomic E-state index is 0.240. The maximum atomic E-state index is 4.87. The molecule has 2 heterocycles. The molecule has 4 aromatic rings. The summed E-state index contributed by atoms with van der Waals surface area (Å²) >= 11 is 0. The highest BCUT2D eigenvalue weighted by Crippen LogP contribution is 2.29. The van der Waals surface area contributed by atoms with Crippen LogP contribution >= 0.6 is 0 Å². The van der Waals surface area contributed by atoms with E-state index in [0.29, 0.717) is 0 Å². The summed E-state index contributed by atoms with van der Waals surface area (Å²) in [5, 5.41) is 4.67. The van der Waals surface area contributed by atoms with Crippen LogP contribution in [0.3, 0.4) is 0 Å². The highest BCUT2D eigenvalue weighted by atomic mass is 15.0. The van der Waals surface area contributed by atoms with E-state index in [0.717, 1.165) is 45.3 Å². The number of nitrogens with zero attached hydrogens (tertiary/aromatic N) is 3. The lowest BCUT2D eigenvalue weighted by atomic mass is 9.97. The van der Waals surface area contributed by atoms with Gasteiger partial charge in [0, 0.05) is 24.7 Å². The van der Waals surface area contributed by atoms with Gasteiger partial charge in [0.1, 0.15) is 5.52 Å². The first-order valence-corrected chi connectivity index (χ1v) is 8.31. The van der Waals surface area contributed by atoms with Gasteiger partial charge in [-0.25, -0.2) is 9.97 Å². The second kappa shape index (κ2) is 5.20. The van der Waals surface area contributed by atoms with Crippen LogP contribution in [0.2, 0.25) is 0 Å². The fourth-order valence-electron chi connectivity index (χ4n) is 3.01. The molecule has 2 aromatic heterocycles. The smallest absolute Gasteiger partial charge is 0.160 e. The SMILES string of the molecule is Cn1c2ccc(NCC(C)(C)C)cc2c2nc3ccccc3nc21. The summed E-state index contributed by atoms with van der Waals surface area (Å²) in [6.07, 6.45) is 0. The molecule has 0 saturated carbocycles. The van der Waals surface area contributed by atoms with Crippen LogP contribution in [0.1, 0.15) is 20.8 Å². The molecule has 0 radical (unpaired) electrons. The van der Waals surface area contributed by atoms with Gasteiger partial charge in [0.05, 0.1) is 16.6 Å². The van der Waals surface area contributed by atoms with Crippen molar-refractivity contribution in [1.82, 2.24) is 14.5 Å².